The number of hydrogen-bond acceptors (Lipinski definition) is 10. The molecule has 0 aliphatic rings. The van der Waals surface area contributed by atoms with E-state index in [1.54, 1.807) is 0 Å². The van der Waals surface area contributed by atoms with Crippen LogP contribution in [-0.4, -0.2) is 93.5 Å². The first-order valence-corrected chi connectivity index (χ1v) is 16.6. The van der Waals surface area contributed by atoms with E-state index >= 15 is 0 Å². The van der Waals surface area contributed by atoms with E-state index in [9.17, 15) is 9.59 Å². The van der Waals surface area contributed by atoms with E-state index < -0.39 is 17.8 Å². The molecule has 0 radical (unpaired) electrons. The van der Waals surface area contributed by atoms with E-state index in [1.807, 2.05) is 21.1 Å². The summed E-state index contributed by atoms with van der Waals surface area (Å²) in [6.07, 6.45) is 8.17. The Balaban J connectivity index is 4.60. The SMILES string of the molecule is C[N+](C)(C)CCOP(=S)([S-])OCC(COC(=O)CCCCCCCO)OC(=O)CCCCCCCO. The molecular weight excluding hydrogens is 525 g/mol. The minimum absolute atomic E-state index is 0.0954. The first-order chi connectivity index (χ1) is 17.0. The zero-order valence-electron chi connectivity index (χ0n) is 22.4. The molecule has 2 atom stereocenters. The summed E-state index contributed by atoms with van der Waals surface area (Å²) in [5.74, 6) is -0.756. The Kier molecular flexibility index (Phi) is 21.5. The molecule has 0 spiro atoms. The number of carbonyl (C=O) groups is 2. The molecule has 0 aliphatic carbocycles. The summed E-state index contributed by atoms with van der Waals surface area (Å²) in [6, 6.07) is 0. The lowest BCUT2D eigenvalue weighted by Crippen LogP contribution is -2.37. The number of ether oxygens (including phenoxy) is 2. The number of rotatable bonds is 24. The molecule has 0 fully saturated rings. The molecule has 0 aromatic heterocycles. The van der Waals surface area contributed by atoms with Crippen molar-refractivity contribution >= 4 is 41.7 Å². The van der Waals surface area contributed by atoms with Crippen LogP contribution in [0, 0.1) is 0 Å². The molecule has 0 saturated carbocycles. The summed E-state index contributed by atoms with van der Waals surface area (Å²) in [4.78, 5) is 24.5. The van der Waals surface area contributed by atoms with Gasteiger partial charge >= 0.3 is 11.9 Å². The van der Waals surface area contributed by atoms with Gasteiger partial charge in [0.1, 0.15) is 19.8 Å². The second-order valence-corrected chi connectivity index (χ2v) is 14.9. The number of aliphatic hydroxyl groups is 2. The summed E-state index contributed by atoms with van der Waals surface area (Å²) in [5.41, 5.74) is -2.95. The van der Waals surface area contributed by atoms with Crippen molar-refractivity contribution in [1.82, 2.24) is 0 Å². The van der Waals surface area contributed by atoms with Gasteiger partial charge < -0.3 is 45.5 Å². The van der Waals surface area contributed by atoms with E-state index in [1.165, 1.54) is 0 Å². The van der Waals surface area contributed by atoms with Gasteiger partial charge in [-0.05, 0) is 25.7 Å². The van der Waals surface area contributed by atoms with Gasteiger partial charge in [0.2, 0.25) is 0 Å². The summed E-state index contributed by atoms with van der Waals surface area (Å²) < 4.78 is 22.8. The van der Waals surface area contributed by atoms with Gasteiger partial charge in [0.05, 0.1) is 33.4 Å². The van der Waals surface area contributed by atoms with Crippen molar-refractivity contribution < 1.29 is 42.8 Å². The number of unbranched alkanes of at least 4 members (excludes halogenated alkanes) is 8. The van der Waals surface area contributed by atoms with Gasteiger partial charge in [-0.1, -0.05) is 50.3 Å². The number of likely N-dealkylation sites (N-methyl/N-ethyl adjacent to an activating group) is 1. The van der Waals surface area contributed by atoms with Gasteiger partial charge in [0.25, 0.3) is 0 Å². The molecule has 36 heavy (non-hydrogen) atoms. The standard InChI is InChI=1S/C24H48NO8PS2/c1-25(2,3)16-19-31-34(35,36)32-21-22(33-24(29)15-11-7-5-9-13-18-27)20-30-23(28)14-10-6-4-8-12-17-26/h22,26-27H,4-21H2,1-3H3. The number of aliphatic hydroxyl groups excluding tert-OH is 2. The van der Waals surface area contributed by atoms with Gasteiger partial charge in [-0.3, -0.25) is 9.59 Å². The van der Waals surface area contributed by atoms with Crippen LogP contribution < -0.4 is 0 Å². The summed E-state index contributed by atoms with van der Waals surface area (Å²) >= 11 is 10.6. The maximum absolute atomic E-state index is 12.3. The Morgan fingerprint density at radius 1 is 0.806 bits per heavy atom. The van der Waals surface area contributed by atoms with Crippen molar-refractivity contribution in [3.05, 3.63) is 0 Å². The van der Waals surface area contributed by atoms with E-state index in [2.05, 4.69) is 0 Å². The summed E-state index contributed by atoms with van der Waals surface area (Å²) in [6.45, 7) is 1.22. The highest BCUT2D eigenvalue weighted by molar-refractivity contribution is 8.51. The molecule has 0 saturated heterocycles. The fraction of sp³-hybridized carbons (Fsp3) is 0.917. The van der Waals surface area contributed by atoms with E-state index in [0.29, 0.717) is 30.5 Å². The molecule has 9 nitrogen and oxygen atoms in total. The maximum Gasteiger partial charge on any atom is 0.306 e. The van der Waals surface area contributed by atoms with Crippen LogP contribution in [0.5, 0.6) is 0 Å². The highest BCUT2D eigenvalue weighted by Crippen LogP contribution is 2.46. The fourth-order valence-corrected chi connectivity index (χ4v) is 4.62. The van der Waals surface area contributed by atoms with E-state index in [4.69, 9.17) is 52.8 Å². The minimum Gasteiger partial charge on any atom is -0.691 e. The topological polar surface area (TPSA) is 112 Å². The highest BCUT2D eigenvalue weighted by Gasteiger charge is 2.19. The summed E-state index contributed by atoms with van der Waals surface area (Å²) in [7, 11) is 6.09. The summed E-state index contributed by atoms with van der Waals surface area (Å²) in [5, 5.41) is 17.6. The van der Waals surface area contributed by atoms with Crippen LogP contribution in [0.3, 0.4) is 0 Å². The lowest BCUT2D eigenvalue weighted by Gasteiger charge is -2.32. The van der Waals surface area contributed by atoms with Crippen molar-refractivity contribution in [3.8, 4) is 0 Å². The third-order valence-corrected chi connectivity index (χ3v) is 7.47. The van der Waals surface area contributed by atoms with Crippen molar-refractivity contribution in [1.29, 1.82) is 0 Å². The predicted octanol–water partition coefficient (Wildman–Crippen LogP) is 3.62. The van der Waals surface area contributed by atoms with Crippen LogP contribution >= 0.6 is 5.69 Å². The number of quaternary nitrogens is 1. The van der Waals surface area contributed by atoms with Crippen molar-refractivity contribution in [2.45, 2.75) is 83.2 Å². The first kappa shape index (κ1) is 35.7. The fourth-order valence-electron chi connectivity index (χ4n) is 3.08. The van der Waals surface area contributed by atoms with Gasteiger partial charge in [-0.2, -0.15) is 0 Å². The largest absolute Gasteiger partial charge is 0.691 e. The molecule has 0 aromatic rings. The van der Waals surface area contributed by atoms with E-state index in [0.717, 1.165) is 51.4 Å². The Labute approximate surface area is 228 Å². The molecular formula is C24H48NO8PS2. The maximum atomic E-state index is 12.3. The molecule has 0 aromatic carbocycles. The molecule has 12 heteroatoms. The van der Waals surface area contributed by atoms with Crippen LogP contribution in [0.4, 0.5) is 0 Å². The number of hydrogen-bond donors (Lipinski definition) is 2. The molecule has 0 rings (SSSR count). The van der Waals surface area contributed by atoms with Gasteiger partial charge in [0, 0.05) is 26.1 Å². The Hall–Kier alpha value is -0.260. The van der Waals surface area contributed by atoms with E-state index in [-0.39, 0.29) is 45.2 Å². The smallest absolute Gasteiger partial charge is 0.306 e. The second-order valence-electron chi connectivity index (χ2n) is 9.87. The molecule has 0 heterocycles. The van der Waals surface area contributed by atoms with Crippen LogP contribution in [0.25, 0.3) is 0 Å². The molecule has 0 aliphatic heterocycles. The van der Waals surface area contributed by atoms with Crippen molar-refractivity contribution in [2.75, 3.05) is 60.7 Å². The Morgan fingerprint density at radius 2 is 1.31 bits per heavy atom. The quantitative estimate of drug-likeness (QED) is 0.0584. The lowest BCUT2D eigenvalue weighted by atomic mass is 10.1. The van der Waals surface area contributed by atoms with Crippen LogP contribution in [0.1, 0.15) is 77.0 Å². The molecule has 0 amide bonds. The van der Waals surface area contributed by atoms with Crippen LogP contribution in [0.15, 0.2) is 0 Å². The highest BCUT2D eigenvalue weighted by atomic mass is 32.9. The molecule has 2 N–H and O–H groups in total. The molecule has 214 valence electrons. The predicted molar refractivity (Wildman–Crippen MR) is 147 cm³/mol. The number of esters is 2. The minimum atomic E-state index is -2.95. The number of carbonyl (C=O) groups excluding carboxylic acids is 2. The third-order valence-electron chi connectivity index (χ3n) is 5.24. The monoisotopic (exact) mass is 573 g/mol. The van der Waals surface area contributed by atoms with Crippen molar-refractivity contribution in [3.63, 3.8) is 0 Å². The first-order valence-electron chi connectivity index (χ1n) is 13.0. The van der Waals surface area contributed by atoms with Crippen molar-refractivity contribution in [2.24, 2.45) is 0 Å². The number of nitrogens with zero attached hydrogens (tertiary/aromatic N) is 1. The Morgan fingerprint density at radius 3 is 1.83 bits per heavy atom. The second kappa shape index (κ2) is 21.6. The zero-order chi connectivity index (χ0) is 27.3. The normalized spacial score (nSPS) is 14.3. The zero-order valence-corrected chi connectivity index (χ0v) is 24.9. The van der Waals surface area contributed by atoms with Gasteiger partial charge in [-0.15, -0.1) is 0 Å². The Bertz CT molecular complexity index is 634. The molecule has 0 bridgehead atoms. The van der Waals surface area contributed by atoms with Gasteiger partial charge in [-0.25, -0.2) is 0 Å². The average molecular weight is 574 g/mol. The van der Waals surface area contributed by atoms with Crippen LogP contribution in [0.2, 0.25) is 0 Å². The van der Waals surface area contributed by atoms with Crippen LogP contribution in [-0.2, 0) is 52.2 Å². The lowest BCUT2D eigenvalue weighted by molar-refractivity contribution is -0.870. The van der Waals surface area contributed by atoms with Gasteiger partial charge in [0.15, 0.2) is 6.10 Å². The molecule has 2 unspecified atom stereocenters. The average Bonchev–Trinajstić information content (AvgIpc) is 2.79. The third kappa shape index (κ3) is 24.1.